The quantitative estimate of drug-likeness (QED) is 0.768. The van der Waals surface area contributed by atoms with Crippen molar-refractivity contribution in [2.24, 2.45) is 11.8 Å². The monoisotopic (exact) mass is 358 g/mol. The first-order chi connectivity index (χ1) is 12.4. The molecule has 0 aliphatic carbocycles. The summed E-state index contributed by atoms with van der Waals surface area (Å²) in [5.74, 6) is 1.57. The number of H-pyrrole nitrogens is 1. The van der Waals surface area contributed by atoms with E-state index in [-0.39, 0.29) is 12.1 Å². The molecule has 0 bridgehead atoms. The van der Waals surface area contributed by atoms with Gasteiger partial charge in [-0.1, -0.05) is 19.9 Å². The largest absolute Gasteiger partial charge is 0.393 e. The molecule has 2 aromatic rings. The number of urea groups is 1. The Hall–Kier alpha value is -2.08. The van der Waals surface area contributed by atoms with Gasteiger partial charge in [0.15, 0.2) is 0 Å². The van der Waals surface area contributed by atoms with Gasteiger partial charge >= 0.3 is 6.03 Å². The number of nitrogens with one attached hydrogen (secondary N) is 2. The number of carbonyl (C=O) groups excluding carboxylic acids is 1. The van der Waals surface area contributed by atoms with Crippen molar-refractivity contribution in [2.75, 3.05) is 13.1 Å². The summed E-state index contributed by atoms with van der Waals surface area (Å²) in [6.45, 7) is 8.10. The second-order valence-corrected chi connectivity index (χ2v) is 7.88. The summed E-state index contributed by atoms with van der Waals surface area (Å²) in [5.41, 5.74) is 3.09. The number of aliphatic hydroxyl groups is 1. The molecule has 1 aliphatic heterocycles. The number of aliphatic hydroxyl groups excluding tert-OH is 1. The van der Waals surface area contributed by atoms with Crippen molar-refractivity contribution in [3.8, 4) is 0 Å². The van der Waals surface area contributed by atoms with E-state index in [0.29, 0.717) is 31.5 Å². The Morgan fingerprint density at radius 3 is 2.81 bits per heavy atom. The van der Waals surface area contributed by atoms with Crippen LogP contribution < -0.4 is 5.32 Å². The number of hydrogen-bond acceptors (Lipinski definition) is 3. The van der Waals surface area contributed by atoms with Gasteiger partial charge in [-0.05, 0) is 55.7 Å². The highest BCUT2D eigenvalue weighted by molar-refractivity contribution is 5.76. The molecule has 3 rings (SSSR count). The molecule has 0 unspecified atom stereocenters. The molecule has 1 aliphatic rings. The van der Waals surface area contributed by atoms with E-state index in [1.165, 1.54) is 5.56 Å². The van der Waals surface area contributed by atoms with E-state index in [2.05, 4.69) is 35.2 Å². The Morgan fingerprint density at radius 1 is 1.38 bits per heavy atom. The zero-order chi connectivity index (χ0) is 18.7. The molecular weight excluding hydrogens is 328 g/mol. The zero-order valence-electron chi connectivity index (χ0n) is 16.0. The molecule has 0 saturated carbocycles. The van der Waals surface area contributed by atoms with Crippen LogP contribution in [-0.2, 0) is 6.54 Å². The van der Waals surface area contributed by atoms with Crippen molar-refractivity contribution in [2.45, 2.75) is 52.7 Å². The summed E-state index contributed by atoms with van der Waals surface area (Å²) < 4.78 is 0. The summed E-state index contributed by atoms with van der Waals surface area (Å²) >= 11 is 0. The van der Waals surface area contributed by atoms with Gasteiger partial charge in [0.05, 0.1) is 23.7 Å². The summed E-state index contributed by atoms with van der Waals surface area (Å²) in [7, 11) is 0. The van der Waals surface area contributed by atoms with E-state index in [1.807, 2.05) is 24.0 Å². The molecule has 1 fully saturated rings. The highest BCUT2D eigenvalue weighted by atomic mass is 16.3. The number of fused-ring (bicyclic) bond motifs is 1. The number of likely N-dealkylation sites (tertiary alicyclic amines) is 1. The van der Waals surface area contributed by atoms with Gasteiger partial charge in [-0.15, -0.1) is 0 Å². The Morgan fingerprint density at radius 2 is 2.12 bits per heavy atom. The average molecular weight is 358 g/mol. The highest BCUT2D eigenvalue weighted by Gasteiger charge is 2.27. The van der Waals surface area contributed by atoms with Gasteiger partial charge in [0.1, 0.15) is 5.82 Å². The molecule has 6 nitrogen and oxygen atoms in total. The predicted molar refractivity (Wildman–Crippen MR) is 103 cm³/mol. The normalized spacial score (nSPS) is 17.0. The van der Waals surface area contributed by atoms with Crippen molar-refractivity contribution in [3.63, 3.8) is 0 Å². The van der Waals surface area contributed by atoms with Crippen molar-refractivity contribution in [1.82, 2.24) is 20.2 Å². The van der Waals surface area contributed by atoms with Crippen LogP contribution in [0.4, 0.5) is 4.79 Å². The van der Waals surface area contributed by atoms with E-state index in [0.717, 1.165) is 36.1 Å². The van der Waals surface area contributed by atoms with Gasteiger partial charge in [0, 0.05) is 13.1 Å². The van der Waals surface area contributed by atoms with Gasteiger partial charge in [0.25, 0.3) is 0 Å². The lowest BCUT2D eigenvalue weighted by molar-refractivity contribution is 0.0520. The number of nitrogens with zero attached hydrogens (tertiary/aromatic N) is 2. The number of hydrogen-bond donors (Lipinski definition) is 3. The van der Waals surface area contributed by atoms with Crippen LogP contribution in [0, 0.1) is 18.8 Å². The molecule has 2 heterocycles. The highest BCUT2D eigenvalue weighted by Crippen LogP contribution is 2.24. The lowest BCUT2D eigenvalue weighted by Crippen LogP contribution is -2.46. The van der Waals surface area contributed by atoms with Crippen LogP contribution in [0.2, 0.25) is 0 Å². The number of piperidine rings is 1. The van der Waals surface area contributed by atoms with Crippen molar-refractivity contribution >= 4 is 17.1 Å². The number of aromatic nitrogens is 2. The molecule has 0 spiro atoms. The zero-order valence-corrected chi connectivity index (χ0v) is 16.0. The number of carbonyl (C=O) groups is 1. The summed E-state index contributed by atoms with van der Waals surface area (Å²) in [5, 5.41) is 13.2. The maximum atomic E-state index is 12.4. The lowest BCUT2D eigenvalue weighted by Gasteiger charge is -2.34. The Kier molecular flexibility index (Phi) is 5.81. The molecule has 1 saturated heterocycles. The first-order valence-corrected chi connectivity index (χ1v) is 9.58. The van der Waals surface area contributed by atoms with Crippen LogP contribution in [0.1, 0.15) is 44.5 Å². The number of benzene rings is 1. The third kappa shape index (κ3) is 4.55. The molecular formula is C20H30N4O2. The van der Waals surface area contributed by atoms with E-state index in [4.69, 9.17) is 0 Å². The average Bonchev–Trinajstić information content (AvgIpc) is 3.01. The second-order valence-electron chi connectivity index (χ2n) is 7.88. The Bertz CT molecular complexity index is 747. The second kappa shape index (κ2) is 8.08. The number of rotatable bonds is 5. The molecule has 1 atom stereocenters. The van der Waals surface area contributed by atoms with Crippen LogP contribution in [0.5, 0.6) is 0 Å². The summed E-state index contributed by atoms with van der Waals surface area (Å²) in [6.07, 6.45) is 2.32. The fourth-order valence-electron chi connectivity index (χ4n) is 3.69. The number of amides is 2. The Labute approximate surface area is 155 Å². The SMILES string of the molecule is Cc1ccc2nc(CNC(=O)N3CCC([C@@H](O)CC(C)C)CC3)[nH]c2c1. The predicted octanol–water partition coefficient (Wildman–Crippen LogP) is 3.20. The smallest absolute Gasteiger partial charge is 0.317 e. The molecule has 142 valence electrons. The van der Waals surface area contributed by atoms with E-state index in [1.54, 1.807) is 0 Å². The molecule has 0 radical (unpaired) electrons. The minimum atomic E-state index is -0.251. The topological polar surface area (TPSA) is 81.2 Å². The first-order valence-electron chi connectivity index (χ1n) is 9.58. The number of aryl methyl sites for hydroxylation is 1. The molecule has 3 N–H and O–H groups in total. The Balaban J connectivity index is 1.48. The van der Waals surface area contributed by atoms with E-state index in [9.17, 15) is 9.90 Å². The molecule has 2 amide bonds. The maximum Gasteiger partial charge on any atom is 0.317 e. The fraction of sp³-hybridized carbons (Fsp3) is 0.600. The minimum absolute atomic E-state index is 0.0570. The van der Waals surface area contributed by atoms with Crippen LogP contribution in [0.3, 0.4) is 0 Å². The van der Waals surface area contributed by atoms with Crippen LogP contribution in [0.25, 0.3) is 11.0 Å². The number of aromatic amines is 1. The fourth-order valence-corrected chi connectivity index (χ4v) is 3.69. The molecule has 6 heteroatoms. The number of imidazole rings is 1. The van der Waals surface area contributed by atoms with Crippen LogP contribution in [0.15, 0.2) is 18.2 Å². The lowest BCUT2D eigenvalue weighted by atomic mass is 9.87. The molecule has 1 aromatic heterocycles. The van der Waals surface area contributed by atoms with E-state index < -0.39 is 0 Å². The van der Waals surface area contributed by atoms with Crippen molar-refractivity contribution in [1.29, 1.82) is 0 Å². The van der Waals surface area contributed by atoms with Crippen LogP contribution in [-0.4, -0.2) is 45.2 Å². The van der Waals surface area contributed by atoms with Crippen LogP contribution >= 0.6 is 0 Å². The van der Waals surface area contributed by atoms with E-state index >= 15 is 0 Å². The van der Waals surface area contributed by atoms with Crippen molar-refractivity contribution < 1.29 is 9.90 Å². The van der Waals surface area contributed by atoms with Crippen molar-refractivity contribution in [3.05, 3.63) is 29.6 Å². The molecule has 26 heavy (non-hydrogen) atoms. The maximum absolute atomic E-state index is 12.4. The van der Waals surface area contributed by atoms with Gasteiger partial charge in [-0.3, -0.25) is 0 Å². The third-order valence-electron chi connectivity index (χ3n) is 5.18. The van der Waals surface area contributed by atoms with Gasteiger partial charge in [-0.2, -0.15) is 0 Å². The third-order valence-corrected chi connectivity index (χ3v) is 5.18. The minimum Gasteiger partial charge on any atom is -0.393 e. The van der Waals surface area contributed by atoms with Gasteiger partial charge in [-0.25, -0.2) is 9.78 Å². The van der Waals surface area contributed by atoms with Gasteiger partial charge in [0.2, 0.25) is 0 Å². The van der Waals surface area contributed by atoms with Gasteiger partial charge < -0.3 is 20.3 Å². The summed E-state index contributed by atoms with van der Waals surface area (Å²) in [4.78, 5) is 22.0. The molecule has 1 aromatic carbocycles. The standard InChI is InChI=1S/C20H30N4O2/c1-13(2)10-18(25)15-6-8-24(9-7-15)20(26)21-12-19-22-16-5-4-14(3)11-17(16)23-19/h4-5,11,13,15,18,25H,6-10,12H2,1-3H3,(H,21,26)(H,22,23)/t18-/m0/s1. The first kappa shape index (κ1) is 18.7. The summed E-state index contributed by atoms with van der Waals surface area (Å²) in [6, 6.07) is 6.02.